The summed E-state index contributed by atoms with van der Waals surface area (Å²) >= 11 is 3.55. The first-order valence-corrected chi connectivity index (χ1v) is 8.39. The van der Waals surface area contributed by atoms with Crippen LogP contribution in [0.5, 0.6) is 0 Å². The van der Waals surface area contributed by atoms with Crippen molar-refractivity contribution in [2.24, 2.45) is 5.92 Å². The van der Waals surface area contributed by atoms with Crippen molar-refractivity contribution in [3.8, 4) is 0 Å². The molecule has 0 spiro atoms. The fraction of sp³-hybridized carbons (Fsp3) is 0.438. The summed E-state index contributed by atoms with van der Waals surface area (Å²) in [5, 5.41) is 11.6. The van der Waals surface area contributed by atoms with Gasteiger partial charge in [-0.25, -0.2) is 0 Å². The zero-order valence-corrected chi connectivity index (χ0v) is 14.5. The zero-order chi connectivity index (χ0) is 15.5. The van der Waals surface area contributed by atoms with E-state index in [1.807, 2.05) is 12.1 Å². The molecule has 6 heteroatoms. The highest BCUT2D eigenvalue weighted by Crippen LogP contribution is 2.24. The van der Waals surface area contributed by atoms with Crippen LogP contribution >= 0.6 is 15.9 Å². The van der Waals surface area contributed by atoms with Crippen molar-refractivity contribution in [2.75, 3.05) is 23.3 Å². The summed E-state index contributed by atoms with van der Waals surface area (Å²) in [5.74, 6) is 2.22. The second-order valence-corrected chi connectivity index (χ2v) is 6.75. The van der Waals surface area contributed by atoms with Gasteiger partial charge in [-0.2, -0.15) is 10.1 Å². The maximum Gasteiger partial charge on any atom is 0.247 e. The predicted molar refractivity (Wildman–Crippen MR) is 92.6 cm³/mol. The lowest BCUT2D eigenvalue weighted by Crippen LogP contribution is -2.34. The Hall–Kier alpha value is -1.69. The molecule has 0 radical (unpaired) electrons. The predicted octanol–water partition coefficient (Wildman–Crippen LogP) is 3.92. The van der Waals surface area contributed by atoms with Crippen LogP contribution < -0.4 is 10.2 Å². The van der Waals surface area contributed by atoms with Gasteiger partial charge in [0.2, 0.25) is 5.95 Å². The van der Waals surface area contributed by atoms with Crippen LogP contribution in [0, 0.1) is 12.8 Å². The van der Waals surface area contributed by atoms with Crippen molar-refractivity contribution < 1.29 is 0 Å². The van der Waals surface area contributed by atoms with Crippen molar-refractivity contribution >= 4 is 33.4 Å². The smallest absolute Gasteiger partial charge is 0.247 e. The van der Waals surface area contributed by atoms with Crippen molar-refractivity contribution in [3.05, 3.63) is 34.4 Å². The Labute approximate surface area is 139 Å². The van der Waals surface area contributed by atoms with Crippen LogP contribution in [0.2, 0.25) is 0 Å². The minimum absolute atomic E-state index is 0.711. The number of aryl methyl sites for hydroxylation is 1. The van der Waals surface area contributed by atoms with Gasteiger partial charge >= 0.3 is 0 Å². The largest absolute Gasteiger partial charge is 0.339 e. The number of rotatable bonds is 3. The number of hydrogen-bond donors (Lipinski definition) is 1. The van der Waals surface area contributed by atoms with Crippen LogP contribution in [0.3, 0.4) is 0 Å². The third-order valence-electron chi connectivity index (χ3n) is 4.06. The summed E-state index contributed by atoms with van der Waals surface area (Å²) < 4.78 is 1.07. The van der Waals surface area contributed by atoms with Gasteiger partial charge in [-0.05, 0) is 43.4 Å². The number of hydrogen-bond acceptors (Lipinski definition) is 5. The zero-order valence-electron chi connectivity index (χ0n) is 12.9. The number of anilines is 3. The maximum atomic E-state index is 4.59. The normalized spacial score (nSPS) is 15.9. The Morgan fingerprint density at radius 3 is 2.77 bits per heavy atom. The standard InChI is InChI=1S/C16H20BrN5/c1-11-5-7-22(8-6-11)16-20-15(10-18-21-16)19-13-4-3-12(2)14(17)9-13/h3-4,9-11H,5-8H2,1-2H3,(H,19,20,21). The van der Waals surface area contributed by atoms with Crippen molar-refractivity contribution in [1.29, 1.82) is 0 Å². The van der Waals surface area contributed by atoms with E-state index in [2.05, 4.69) is 61.2 Å². The summed E-state index contributed by atoms with van der Waals surface area (Å²) in [5.41, 5.74) is 2.19. The van der Waals surface area contributed by atoms with Crippen LogP contribution in [0.1, 0.15) is 25.3 Å². The van der Waals surface area contributed by atoms with Crippen LogP contribution in [0.15, 0.2) is 28.9 Å². The first-order valence-electron chi connectivity index (χ1n) is 7.59. The van der Waals surface area contributed by atoms with E-state index in [4.69, 9.17) is 0 Å². The van der Waals surface area contributed by atoms with Crippen molar-refractivity contribution in [1.82, 2.24) is 15.2 Å². The van der Waals surface area contributed by atoms with E-state index >= 15 is 0 Å². The number of halogens is 1. The molecular weight excluding hydrogens is 342 g/mol. The van der Waals surface area contributed by atoms with E-state index in [9.17, 15) is 0 Å². The first kappa shape index (κ1) is 15.2. The van der Waals surface area contributed by atoms with Gasteiger partial charge in [-0.3, -0.25) is 0 Å². The first-order chi connectivity index (χ1) is 10.6. The van der Waals surface area contributed by atoms with Gasteiger partial charge in [-0.15, -0.1) is 5.10 Å². The van der Waals surface area contributed by atoms with Crippen LogP contribution in [-0.4, -0.2) is 28.3 Å². The van der Waals surface area contributed by atoms with Gasteiger partial charge < -0.3 is 10.2 Å². The molecule has 22 heavy (non-hydrogen) atoms. The Balaban J connectivity index is 1.74. The Morgan fingerprint density at radius 1 is 1.27 bits per heavy atom. The van der Waals surface area contributed by atoms with Gasteiger partial charge in [0.15, 0.2) is 5.82 Å². The number of piperidine rings is 1. The molecule has 0 atom stereocenters. The molecule has 1 aliphatic heterocycles. The van der Waals surface area contributed by atoms with Crippen LogP contribution in [0.4, 0.5) is 17.5 Å². The lowest BCUT2D eigenvalue weighted by atomic mass is 10.00. The average Bonchev–Trinajstić information content (AvgIpc) is 2.52. The number of benzene rings is 1. The molecule has 116 valence electrons. The van der Waals surface area contributed by atoms with E-state index in [0.29, 0.717) is 5.95 Å². The molecule has 2 heterocycles. The quantitative estimate of drug-likeness (QED) is 0.897. The minimum Gasteiger partial charge on any atom is -0.339 e. The van der Waals surface area contributed by atoms with Gasteiger partial charge in [-0.1, -0.05) is 28.9 Å². The molecule has 1 aromatic carbocycles. The third-order valence-corrected chi connectivity index (χ3v) is 4.91. The summed E-state index contributed by atoms with van der Waals surface area (Å²) in [4.78, 5) is 6.81. The molecular formula is C16H20BrN5. The molecule has 0 saturated carbocycles. The Bertz CT molecular complexity index is 653. The van der Waals surface area contributed by atoms with E-state index < -0.39 is 0 Å². The Kier molecular flexibility index (Phi) is 4.57. The Morgan fingerprint density at radius 2 is 2.05 bits per heavy atom. The molecule has 1 aliphatic rings. The summed E-state index contributed by atoms with van der Waals surface area (Å²) in [6.45, 7) is 6.37. The molecule has 1 aromatic heterocycles. The fourth-order valence-corrected chi connectivity index (χ4v) is 2.89. The molecule has 1 saturated heterocycles. The second-order valence-electron chi connectivity index (χ2n) is 5.90. The number of nitrogens with one attached hydrogen (secondary N) is 1. The fourth-order valence-electron chi connectivity index (χ4n) is 2.52. The van der Waals surface area contributed by atoms with Gasteiger partial charge in [0.1, 0.15) is 0 Å². The third kappa shape index (κ3) is 3.55. The van der Waals surface area contributed by atoms with Gasteiger partial charge in [0, 0.05) is 23.2 Å². The maximum absolute atomic E-state index is 4.59. The summed E-state index contributed by atoms with van der Waals surface area (Å²) in [7, 11) is 0. The average molecular weight is 362 g/mol. The summed E-state index contributed by atoms with van der Waals surface area (Å²) in [6.07, 6.45) is 4.03. The molecule has 5 nitrogen and oxygen atoms in total. The summed E-state index contributed by atoms with van der Waals surface area (Å²) in [6, 6.07) is 6.14. The van der Waals surface area contributed by atoms with Crippen molar-refractivity contribution in [3.63, 3.8) is 0 Å². The highest BCUT2D eigenvalue weighted by atomic mass is 79.9. The molecule has 3 rings (SSSR count). The number of nitrogens with zero attached hydrogens (tertiary/aromatic N) is 4. The van der Waals surface area contributed by atoms with E-state index in [1.165, 1.54) is 18.4 Å². The second kappa shape index (κ2) is 6.60. The lowest BCUT2D eigenvalue weighted by molar-refractivity contribution is 0.433. The van der Waals surface area contributed by atoms with E-state index in [0.717, 1.165) is 35.0 Å². The minimum atomic E-state index is 0.711. The molecule has 2 aromatic rings. The molecule has 0 bridgehead atoms. The SMILES string of the molecule is Cc1ccc(Nc2cnnc(N3CCC(C)CC3)n2)cc1Br. The van der Waals surface area contributed by atoms with Crippen LogP contribution in [0.25, 0.3) is 0 Å². The molecule has 0 unspecified atom stereocenters. The van der Waals surface area contributed by atoms with Gasteiger partial charge in [0.05, 0.1) is 6.20 Å². The lowest BCUT2D eigenvalue weighted by Gasteiger charge is -2.29. The highest BCUT2D eigenvalue weighted by molar-refractivity contribution is 9.10. The number of aromatic nitrogens is 3. The van der Waals surface area contributed by atoms with E-state index in [1.54, 1.807) is 6.20 Å². The van der Waals surface area contributed by atoms with E-state index in [-0.39, 0.29) is 0 Å². The monoisotopic (exact) mass is 361 g/mol. The molecule has 0 aliphatic carbocycles. The highest BCUT2D eigenvalue weighted by Gasteiger charge is 2.18. The van der Waals surface area contributed by atoms with Gasteiger partial charge in [0.25, 0.3) is 0 Å². The van der Waals surface area contributed by atoms with Crippen LogP contribution in [-0.2, 0) is 0 Å². The molecule has 1 N–H and O–H groups in total. The van der Waals surface area contributed by atoms with Crippen molar-refractivity contribution in [2.45, 2.75) is 26.7 Å². The molecule has 0 amide bonds. The molecule has 1 fully saturated rings. The topological polar surface area (TPSA) is 53.9 Å².